The Morgan fingerprint density at radius 3 is 2.59 bits per heavy atom. The minimum absolute atomic E-state index is 0.103. The van der Waals surface area contributed by atoms with Crippen LogP contribution in [0.3, 0.4) is 0 Å². The van der Waals surface area contributed by atoms with E-state index in [4.69, 9.17) is 0 Å². The van der Waals surface area contributed by atoms with E-state index < -0.39 is 0 Å². The number of unbranched alkanes of at least 4 members (excludes halogenated alkanes) is 2. The van der Waals surface area contributed by atoms with Crippen molar-refractivity contribution in [3.05, 3.63) is 70.5 Å². The highest BCUT2D eigenvalue weighted by Crippen LogP contribution is 2.33. The molecular weight excluding hydrogens is 271 g/mol. The average molecular weight is 296 g/mol. The third-order valence-electron chi connectivity index (χ3n) is 4.92. The van der Waals surface area contributed by atoms with Crippen LogP contribution in [-0.4, -0.2) is 0 Å². The lowest BCUT2D eigenvalue weighted by Crippen LogP contribution is -2.13. The molecule has 2 aromatic rings. The molecule has 1 aliphatic rings. The fraction of sp³-hybridized carbons (Fsp3) is 0.429. The summed E-state index contributed by atoms with van der Waals surface area (Å²) in [4.78, 5) is 0. The zero-order valence-corrected chi connectivity index (χ0v) is 13.4. The van der Waals surface area contributed by atoms with E-state index in [0.29, 0.717) is 5.92 Å². The Kier molecular flexibility index (Phi) is 4.92. The average Bonchev–Trinajstić information content (AvgIpc) is 2.55. The summed E-state index contributed by atoms with van der Waals surface area (Å²) >= 11 is 0. The molecule has 0 nitrogen and oxygen atoms in total. The summed E-state index contributed by atoms with van der Waals surface area (Å²) in [5.74, 6) is 0.483. The molecule has 0 fully saturated rings. The molecule has 0 saturated carbocycles. The molecular formula is C21H25F. The number of hydrogen-bond donors (Lipinski definition) is 0. The van der Waals surface area contributed by atoms with Gasteiger partial charge in [0.1, 0.15) is 5.82 Å². The molecule has 0 aromatic heterocycles. The van der Waals surface area contributed by atoms with Crippen molar-refractivity contribution < 1.29 is 4.39 Å². The van der Waals surface area contributed by atoms with Gasteiger partial charge >= 0.3 is 0 Å². The number of fused-ring (bicyclic) bond motifs is 1. The van der Waals surface area contributed by atoms with E-state index in [1.54, 1.807) is 12.1 Å². The fourth-order valence-corrected chi connectivity index (χ4v) is 3.54. The molecule has 2 aromatic carbocycles. The van der Waals surface area contributed by atoms with Gasteiger partial charge in [0, 0.05) is 0 Å². The molecule has 0 aliphatic heterocycles. The monoisotopic (exact) mass is 296 g/mol. The Morgan fingerprint density at radius 2 is 1.82 bits per heavy atom. The molecule has 22 heavy (non-hydrogen) atoms. The highest BCUT2D eigenvalue weighted by molar-refractivity contribution is 5.35. The first-order valence-electron chi connectivity index (χ1n) is 8.62. The summed E-state index contributed by atoms with van der Waals surface area (Å²) in [6, 6.07) is 14.5. The molecule has 0 heterocycles. The van der Waals surface area contributed by atoms with Gasteiger partial charge in [-0.1, -0.05) is 50.1 Å². The third kappa shape index (κ3) is 3.58. The predicted molar refractivity (Wildman–Crippen MR) is 90.8 cm³/mol. The van der Waals surface area contributed by atoms with Crippen LogP contribution in [0.15, 0.2) is 42.5 Å². The van der Waals surface area contributed by atoms with Crippen LogP contribution in [0.1, 0.15) is 60.8 Å². The summed E-state index contributed by atoms with van der Waals surface area (Å²) in [7, 11) is 0. The maximum absolute atomic E-state index is 13.3. The van der Waals surface area contributed by atoms with Gasteiger partial charge in [-0.2, -0.15) is 0 Å². The first-order chi connectivity index (χ1) is 10.8. The second-order valence-corrected chi connectivity index (χ2v) is 6.55. The van der Waals surface area contributed by atoms with E-state index in [0.717, 1.165) is 19.3 Å². The Balaban J connectivity index is 1.66. The van der Waals surface area contributed by atoms with Crippen LogP contribution in [0.25, 0.3) is 0 Å². The van der Waals surface area contributed by atoms with Crippen LogP contribution in [0.2, 0.25) is 0 Å². The highest BCUT2D eigenvalue weighted by atomic mass is 19.1. The van der Waals surface area contributed by atoms with Crippen molar-refractivity contribution in [3.63, 3.8) is 0 Å². The fourth-order valence-electron chi connectivity index (χ4n) is 3.54. The van der Waals surface area contributed by atoms with E-state index >= 15 is 0 Å². The summed E-state index contributed by atoms with van der Waals surface area (Å²) < 4.78 is 13.3. The highest BCUT2D eigenvalue weighted by Gasteiger charge is 2.20. The molecule has 1 unspecified atom stereocenters. The van der Waals surface area contributed by atoms with E-state index in [-0.39, 0.29) is 5.82 Å². The maximum Gasteiger partial charge on any atom is 0.123 e. The van der Waals surface area contributed by atoms with Gasteiger partial charge in [0.15, 0.2) is 0 Å². The largest absolute Gasteiger partial charge is 0.207 e. The van der Waals surface area contributed by atoms with Gasteiger partial charge in [-0.05, 0) is 72.4 Å². The number of aryl methyl sites for hydroxylation is 2. The molecule has 1 aliphatic carbocycles. The Hall–Kier alpha value is -1.63. The van der Waals surface area contributed by atoms with Crippen molar-refractivity contribution in [1.29, 1.82) is 0 Å². The number of hydrogen-bond acceptors (Lipinski definition) is 0. The summed E-state index contributed by atoms with van der Waals surface area (Å²) in [5, 5.41) is 0. The van der Waals surface area contributed by atoms with Gasteiger partial charge in [-0.3, -0.25) is 0 Å². The van der Waals surface area contributed by atoms with Crippen molar-refractivity contribution in [1.82, 2.24) is 0 Å². The van der Waals surface area contributed by atoms with Gasteiger partial charge in [-0.25, -0.2) is 4.39 Å². The van der Waals surface area contributed by atoms with Crippen LogP contribution >= 0.6 is 0 Å². The van der Waals surface area contributed by atoms with Crippen LogP contribution in [0.4, 0.5) is 4.39 Å². The van der Waals surface area contributed by atoms with Crippen molar-refractivity contribution in [2.45, 2.75) is 57.8 Å². The van der Waals surface area contributed by atoms with Gasteiger partial charge in [-0.15, -0.1) is 0 Å². The molecule has 0 spiro atoms. The van der Waals surface area contributed by atoms with Gasteiger partial charge in [0.2, 0.25) is 0 Å². The van der Waals surface area contributed by atoms with Crippen molar-refractivity contribution in [2.75, 3.05) is 0 Å². The lowest BCUT2D eigenvalue weighted by atomic mass is 9.80. The van der Waals surface area contributed by atoms with E-state index in [2.05, 4.69) is 31.2 Å². The summed E-state index contributed by atoms with van der Waals surface area (Å²) in [5.41, 5.74) is 5.42. The minimum Gasteiger partial charge on any atom is -0.207 e. The van der Waals surface area contributed by atoms with Gasteiger partial charge in [0.05, 0.1) is 0 Å². The molecule has 0 saturated heterocycles. The number of rotatable bonds is 5. The van der Waals surface area contributed by atoms with Crippen molar-refractivity contribution in [2.24, 2.45) is 0 Å². The molecule has 0 N–H and O–H groups in total. The Bertz CT molecular complexity index is 612. The first kappa shape index (κ1) is 15.3. The number of halogens is 1. The minimum atomic E-state index is -0.103. The van der Waals surface area contributed by atoms with E-state index in [1.165, 1.54) is 47.9 Å². The quantitative estimate of drug-likeness (QED) is 0.609. The molecule has 3 rings (SSSR count). The number of benzene rings is 2. The predicted octanol–water partition coefficient (Wildman–Crippen LogP) is 5.83. The zero-order chi connectivity index (χ0) is 15.4. The SMILES string of the molecule is CCCCCc1ccc(C2CCc3cc(F)ccc3C2)cc1. The van der Waals surface area contributed by atoms with Crippen molar-refractivity contribution in [3.8, 4) is 0 Å². The molecule has 1 heteroatoms. The normalized spacial score (nSPS) is 17.3. The summed E-state index contributed by atoms with van der Waals surface area (Å²) in [6.45, 7) is 2.25. The second-order valence-electron chi connectivity index (χ2n) is 6.55. The Labute approximate surface area is 133 Å². The molecule has 0 bridgehead atoms. The summed E-state index contributed by atoms with van der Waals surface area (Å²) in [6.07, 6.45) is 8.25. The van der Waals surface area contributed by atoms with Gasteiger partial charge < -0.3 is 0 Å². The molecule has 116 valence electrons. The topological polar surface area (TPSA) is 0 Å². The first-order valence-corrected chi connectivity index (χ1v) is 8.62. The third-order valence-corrected chi connectivity index (χ3v) is 4.92. The molecule has 1 atom stereocenters. The van der Waals surface area contributed by atoms with Crippen LogP contribution < -0.4 is 0 Å². The van der Waals surface area contributed by atoms with Crippen LogP contribution in [0, 0.1) is 5.82 Å². The zero-order valence-electron chi connectivity index (χ0n) is 13.4. The lowest BCUT2D eigenvalue weighted by molar-refractivity contribution is 0.572. The smallest absolute Gasteiger partial charge is 0.123 e. The molecule has 0 amide bonds. The van der Waals surface area contributed by atoms with Crippen molar-refractivity contribution >= 4 is 0 Å². The standard InChI is InChI=1S/C21H25F/c1-2-3-4-5-16-6-8-17(9-7-16)18-10-11-20-15-21(22)13-12-19(20)14-18/h6-9,12-13,15,18H,2-5,10-11,14H2,1H3. The molecule has 0 radical (unpaired) electrons. The lowest BCUT2D eigenvalue weighted by Gasteiger charge is -2.25. The van der Waals surface area contributed by atoms with Gasteiger partial charge in [0.25, 0.3) is 0 Å². The van der Waals surface area contributed by atoms with Crippen LogP contribution in [0.5, 0.6) is 0 Å². The maximum atomic E-state index is 13.3. The van der Waals surface area contributed by atoms with Crippen LogP contribution in [-0.2, 0) is 19.3 Å². The van der Waals surface area contributed by atoms with E-state index in [1.807, 2.05) is 6.07 Å². The second kappa shape index (κ2) is 7.09. The van der Waals surface area contributed by atoms with E-state index in [9.17, 15) is 4.39 Å². The Morgan fingerprint density at radius 1 is 1.00 bits per heavy atom.